The molecule has 1 N–H and O–H groups in total. The lowest BCUT2D eigenvalue weighted by Crippen LogP contribution is -2.17. The number of nitrogens with zero attached hydrogens (tertiary/aromatic N) is 4. The Morgan fingerprint density at radius 1 is 1.25 bits per heavy atom. The summed E-state index contributed by atoms with van der Waals surface area (Å²) in [6.07, 6.45) is 3.58. The van der Waals surface area contributed by atoms with Crippen LogP contribution in [0.4, 0.5) is 5.82 Å². The summed E-state index contributed by atoms with van der Waals surface area (Å²) in [5.41, 5.74) is 2.95. The number of aryl methyl sites for hydroxylation is 3. The van der Waals surface area contributed by atoms with E-state index in [2.05, 4.69) is 15.4 Å². The number of hydrogen-bond acceptors (Lipinski definition) is 4. The van der Waals surface area contributed by atoms with E-state index in [9.17, 15) is 4.79 Å². The first-order valence-electron chi connectivity index (χ1n) is 7.56. The zero-order valence-corrected chi connectivity index (χ0v) is 14.7. The minimum atomic E-state index is -0.0868. The average molecular weight is 341 g/mol. The number of imidazole rings is 1. The van der Waals surface area contributed by atoms with Crippen LogP contribution >= 0.6 is 11.8 Å². The highest BCUT2D eigenvalue weighted by atomic mass is 32.2. The van der Waals surface area contributed by atoms with E-state index < -0.39 is 0 Å². The van der Waals surface area contributed by atoms with Gasteiger partial charge in [-0.05, 0) is 26.0 Å². The molecule has 0 unspecified atom stereocenters. The zero-order valence-electron chi connectivity index (χ0n) is 13.9. The lowest BCUT2D eigenvalue weighted by molar-refractivity contribution is -0.113. The van der Waals surface area contributed by atoms with Crippen LogP contribution in [0.2, 0.25) is 0 Å². The standard InChI is InChI=1S/C17H19N5OS/c1-12-4-6-14(7-5-12)22-15(10-13(2)20-22)19-16(23)11-24-17-18-8-9-21(17)3/h4-10H,11H2,1-3H3,(H,19,23). The van der Waals surface area contributed by atoms with Crippen LogP contribution in [0.1, 0.15) is 11.3 Å². The van der Waals surface area contributed by atoms with Crippen molar-refractivity contribution in [3.63, 3.8) is 0 Å². The van der Waals surface area contributed by atoms with Gasteiger partial charge >= 0.3 is 0 Å². The van der Waals surface area contributed by atoms with Crippen LogP contribution in [0.3, 0.4) is 0 Å². The maximum absolute atomic E-state index is 12.3. The molecule has 124 valence electrons. The van der Waals surface area contributed by atoms with Crippen LogP contribution in [0.25, 0.3) is 5.69 Å². The highest BCUT2D eigenvalue weighted by molar-refractivity contribution is 7.99. The lowest BCUT2D eigenvalue weighted by atomic mass is 10.2. The normalized spacial score (nSPS) is 10.8. The minimum absolute atomic E-state index is 0.0868. The van der Waals surface area contributed by atoms with E-state index in [0.717, 1.165) is 16.5 Å². The lowest BCUT2D eigenvalue weighted by Gasteiger charge is -2.09. The number of carbonyl (C=O) groups excluding carboxylic acids is 1. The molecule has 0 spiro atoms. The van der Waals surface area contributed by atoms with Crippen molar-refractivity contribution in [1.29, 1.82) is 0 Å². The molecule has 1 aromatic carbocycles. The number of thioether (sulfide) groups is 1. The Balaban J connectivity index is 1.72. The second kappa shape index (κ2) is 6.92. The first-order chi connectivity index (χ1) is 11.5. The molecule has 1 amide bonds. The third kappa shape index (κ3) is 3.68. The van der Waals surface area contributed by atoms with Crippen molar-refractivity contribution in [2.24, 2.45) is 7.05 Å². The molecule has 0 radical (unpaired) electrons. The van der Waals surface area contributed by atoms with E-state index in [1.165, 1.54) is 17.3 Å². The molecule has 0 bridgehead atoms. The summed E-state index contributed by atoms with van der Waals surface area (Å²) in [4.78, 5) is 16.5. The zero-order chi connectivity index (χ0) is 17.1. The molecule has 0 saturated heterocycles. The Morgan fingerprint density at radius 2 is 2.00 bits per heavy atom. The van der Waals surface area contributed by atoms with Crippen molar-refractivity contribution in [3.8, 4) is 5.69 Å². The molecule has 24 heavy (non-hydrogen) atoms. The number of nitrogens with one attached hydrogen (secondary N) is 1. The van der Waals surface area contributed by atoms with Gasteiger partial charge in [-0.2, -0.15) is 5.10 Å². The van der Waals surface area contributed by atoms with Gasteiger partial charge in [-0.15, -0.1) is 0 Å². The molecule has 7 heteroatoms. The number of aromatic nitrogens is 4. The fourth-order valence-corrected chi connectivity index (χ4v) is 3.00. The van der Waals surface area contributed by atoms with E-state index >= 15 is 0 Å². The molecule has 2 aromatic heterocycles. The monoisotopic (exact) mass is 341 g/mol. The maximum atomic E-state index is 12.3. The van der Waals surface area contributed by atoms with Crippen LogP contribution in [-0.2, 0) is 11.8 Å². The van der Waals surface area contributed by atoms with Crippen molar-refractivity contribution in [2.45, 2.75) is 19.0 Å². The second-order valence-corrected chi connectivity index (χ2v) is 6.52. The smallest absolute Gasteiger partial charge is 0.236 e. The summed E-state index contributed by atoms with van der Waals surface area (Å²) in [5, 5.41) is 8.21. The SMILES string of the molecule is Cc1ccc(-n2nc(C)cc2NC(=O)CSc2nccn2C)cc1. The quantitative estimate of drug-likeness (QED) is 0.725. The predicted molar refractivity (Wildman–Crippen MR) is 95.6 cm³/mol. The van der Waals surface area contributed by atoms with E-state index in [1.54, 1.807) is 10.9 Å². The Hall–Kier alpha value is -2.54. The summed E-state index contributed by atoms with van der Waals surface area (Å²) in [6, 6.07) is 9.88. The van der Waals surface area contributed by atoms with Crippen LogP contribution in [0, 0.1) is 13.8 Å². The number of carbonyl (C=O) groups is 1. The van der Waals surface area contributed by atoms with Gasteiger partial charge in [0.25, 0.3) is 0 Å². The van der Waals surface area contributed by atoms with Gasteiger partial charge in [0.05, 0.1) is 17.1 Å². The van der Waals surface area contributed by atoms with Crippen molar-refractivity contribution in [3.05, 3.63) is 54.0 Å². The van der Waals surface area contributed by atoms with Gasteiger partial charge in [0, 0.05) is 25.5 Å². The van der Waals surface area contributed by atoms with Gasteiger partial charge in [-0.1, -0.05) is 29.5 Å². The van der Waals surface area contributed by atoms with Crippen LogP contribution in [-0.4, -0.2) is 31.0 Å². The molecule has 0 aliphatic carbocycles. The molecule has 0 aliphatic heterocycles. The van der Waals surface area contributed by atoms with Crippen molar-refractivity contribution in [1.82, 2.24) is 19.3 Å². The van der Waals surface area contributed by atoms with E-state index in [1.807, 2.05) is 62.0 Å². The molecular formula is C17H19N5OS. The summed E-state index contributed by atoms with van der Waals surface area (Å²) >= 11 is 1.40. The number of amides is 1. The Bertz CT molecular complexity index is 850. The van der Waals surface area contributed by atoms with Crippen LogP contribution in [0.15, 0.2) is 47.9 Å². The highest BCUT2D eigenvalue weighted by Gasteiger charge is 2.12. The largest absolute Gasteiger partial charge is 0.329 e. The predicted octanol–water partition coefficient (Wildman–Crippen LogP) is 2.95. The van der Waals surface area contributed by atoms with E-state index in [4.69, 9.17) is 0 Å². The van der Waals surface area contributed by atoms with E-state index in [0.29, 0.717) is 11.6 Å². The molecule has 0 atom stereocenters. The van der Waals surface area contributed by atoms with Gasteiger partial charge in [0.2, 0.25) is 5.91 Å². The number of hydrogen-bond donors (Lipinski definition) is 1. The third-order valence-electron chi connectivity index (χ3n) is 3.49. The van der Waals surface area contributed by atoms with Gasteiger partial charge < -0.3 is 9.88 Å². The van der Waals surface area contributed by atoms with Gasteiger partial charge in [0.15, 0.2) is 5.16 Å². The van der Waals surface area contributed by atoms with Crippen LogP contribution in [0.5, 0.6) is 0 Å². The summed E-state index contributed by atoms with van der Waals surface area (Å²) < 4.78 is 3.64. The second-order valence-electron chi connectivity index (χ2n) is 5.58. The summed E-state index contributed by atoms with van der Waals surface area (Å²) in [7, 11) is 1.91. The maximum Gasteiger partial charge on any atom is 0.236 e. The summed E-state index contributed by atoms with van der Waals surface area (Å²) in [5.74, 6) is 0.876. The molecule has 3 rings (SSSR count). The van der Waals surface area contributed by atoms with Gasteiger partial charge in [-0.3, -0.25) is 4.79 Å². The number of anilines is 1. The molecular weight excluding hydrogens is 322 g/mol. The minimum Gasteiger partial charge on any atom is -0.329 e. The first kappa shape index (κ1) is 16.3. The molecule has 2 heterocycles. The Kier molecular flexibility index (Phi) is 4.71. The van der Waals surface area contributed by atoms with Crippen molar-refractivity contribution < 1.29 is 4.79 Å². The number of rotatable bonds is 5. The molecule has 0 saturated carbocycles. The van der Waals surface area contributed by atoms with E-state index in [-0.39, 0.29) is 5.91 Å². The molecule has 3 aromatic rings. The fourth-order valence-electron chi connectivity index (χ4n) is 2.27. The third-order valence-corrected chi connectivity index (χ3v) is 4.55. The van der Waals surface area contributed by atoms with Gasteiger partial charge in [0.1, 0.15) is 5.82 Å². The Labute approximate surface area is 144 Å². The topological polar surface area (TPSA) is 64.7 Å². The highest BCUT2D eigenvalue weighted by Crippen LogP contribution is 2.19. The number of benzene rings is 1. The Morgan fingerprint density at radius 3 is 2.67 bits per heavy atom. The molecule has 6 nitrogen and oxygen atoms in total. The summed E-state index contributed by atoms with van der Waals surface area (Å²) in [6.45, 7) is 3.94. The fraction of sp³-hybridized carbons (Fsp3) is 0.235. The van der Waals surface area contributed by atoms with Gasteiger partial charge in [-0.25, -0.2) is 9.67 Å². The first-order valence-corrected chi connectivity index (χ1v) is 8.55. The van der Waals surface area contributed by atoms with Crippen molar-refractivity contribution in [2.75, 3.05) is 11.1 Å². The molecule has 0 fully saturated rings. The van der Waals surface area contributed by atoms with Crippen molar-refractivity contribution >= 4 is 23.5 Å². The van der Waals surface area contributed by atoms with Crippen LogP contribution < -0.4 is 5.32 Å². The average Bonchev–Trinajstić information content (AvgIpc) is 3.12. The molecule has 0 aliphatic rings.